The van der Waals surface area contributed by atoms with Gasteiger partial charge in [-0.1, -0.05) is 17.7 Å². The van der Waals surface area contributed by atoms with E-state index in [2.05, 4.69) is 10.6 Å². The van der Waals surface area contributed by atoms with Gasteiger partial charge in [0.05, 0.1) is 0 Å². The molecule has 0 bridgehead atoms. The van der Waals surface area contributed by atoms with Crippen LogP contribution in [0.25, 0.3) is 0 Å². The second-order valence-corrected chi connectivity index (χ2v) is 8.18. The minimum absolute atomic E-state index is 0.0418. The third-order valence-corrected chi connectivity index (χ3v) is 5.70. The molecule has 0 unspecified atom stereocenters. The number of anilines is 1. The minimum atomic E-state index is -0.274. The van der Waals surface area contributed by atoms with Gasteiger partial charge in [-0.15, -0.1) is 0 Å². The van der Waals surface area contributed by atoms with Crippen molar-refractivity contribution in [2.45, 2.75) is 19.3 Å². The first-order chi connectivity index (χ1) is 15.5. The van der Waals surface area contributed by atoms with Gasteiger partial charge >= 0.3 is 0 Å². The highest BCUT2D eigenvalue weighted by Gasteiger charge is 2.27. The van der Waals surface area contributed by atoms with E-state index < -0.39 is 0 Å². The molecule has 8 heteroatoms. The van der Waals surface area contributed by atoms with Crippen LogP contribution in [-0.4, -0.2) is 56.0 Å². The maximum absolute atomic E-state index is 12.9. The summed E-state index contributed by atoms with van der Waals surface area (Å²) in [5, 5.41) is 6.30. The molecule has 0 spiro atoms. The van der Waals surface area contributed by atoms with E-state index in [4.69, 9.17) is 16.3 Å². The summed E-state index contributed by atoms with van der Waals surface area (Å²) in [5.41, 5.74) is 1.52. The molecule has 1 fully saturated rings. The number of hydrogen-bond donors (Lipinski definition) is 2. The number of amides is 3. The number of nitrogens with zero attached hydrogens (tertiary/aromatic N) is 1. The molecule has 0 aliphatic carbocycles. The van der Waals surface area contributed by atoms with E-state index in [0.29, 0.717) is 60.9 Å². The van der Waals surface area contributed by atoms with E-state index in [1.165, 1.54) is 0 Å². The second kappa shape index (κ2) is 11.6. The fourth-order valence-electron chi connectivity index (χ4n) is 3.63. The maximum atomic E-state index is 12.9. The van der Waals surface area contributed by atoms with Gasteiger partial charge in [0.1, 0.15) is 0 Å². The third-order valence-electron chi connectivity index (χ3n) is 5.45. The summed E-state index contributed by atoms with van der Waals surface area (Å²) in [6.45, 7) is 2.26. The Hall–Kier alpha value is -2.90. The molecule has 170 valence electrons. The average Bonchev–Trinajstić information content (AvgIpc) is 2.82. The lowest BCUT2D eigenvalue weighted by atomic mass is 9.95. The van der Waals surface area contributed by atoms with Crippen LogP contribution in [0.3, 0.4) is 0 Å². The Bertz CT molecular complexity index is 941. The van der Waals surface area contributed by atoms with Gasteiger partial charge in [0, 0.05) is 61.1 Å². The zero-order valence-corrected chi connectivity index (χ0v) is 18.9. The van der Waals surface area contributed by atoms with E-state index in [1.807, 2.05) is 0 Å². The minimum Gasteiger partial charge on any atom is -0.385 e. The number of halogens is 1. The van der Waals surface area contributed by atoms with Crippen LogP contribution in [0.1, 0.15) is 40.0 Å². The topological polar surface area (TPSA) is 87.7 Å². The lowest BCUT2D eigenvalue weighted by Crippen LogP contribution is -2.43. The van der Waals surface area contributed by atoms with Gasteiger partial charge < -0.3 is 20.3 Å². The molecule has 2 aromatic carbocycles. The van der Waals surface area contributed by atoms with E-state index in [9.17, 15) is 14.4 Å². The Morgan fingerprint density at radius 3 is 2.47 bits per heavy atom. The predicted molar refractivity (Wildman–Crippen MR) is 124 cm³/mol. The molecule has 2 N–H and O–H groups in total. The van der Waals surface area contributed by atoms with Crippen LogP contribution in [0, 0.1) is 5.92 Å². The van der Waals surface area contributed by atoms with Gasteiger partial charge in [0.15, 0.2) is 0 Å². The molecule has 1 saturated heterocycles. The highest BCUT2D eigenvalue weighted by molar-refractivity contribution is 6.30. The number of ether oxygens (including phenoxy) is 1. The molecule has 0 saturated carbocycles. The molecule has 0 radical (unpaired) electrons. The zero-order valence-electron chi connectivity index (χ0n) is 18.1. The fourth-order valence-corrected chi connectivity index (χ4v) is 3.76. The molecule has 1 aliphatic rings. The largest absolute Gasteiger partial charge is 0.385 e. The second-order valence-electron chi connectivity index (χ2n) is 7.75. The lowest BCUT2D eigenvalue weighted by Gasteiger charge is -2.31. The Morgan fingerprint density at radius 2 is 1.78 bits per heavy atom. The summed E-state index contributed by atoms with van der Waals surface area (Å²) in [6, 6.07) is 13.5. The SMILES string of the molecule is COCCCNC(=O)C1CCN(C(=O)c2cccc(NC(=O)c3ccc(Cl)cc3)c2)CC1. The molecule has 2 aromatic rings. The fraction of sp³-hybridized carbons (Fsp3) is 0.375. The Morgan fingerprint density at radius 1 is 1.06 bits per heavy atom. The molecule has 3 rings (SSSR count). The lowest BCUT2D eigenvalue weighted by molar-refractivity contribution is -0.126. The summed E-state index contributed by atoms with van der Waals surface area (Å²) >= 11 is 5.87. The number of nitrogens with one attached hydrogen (secondary N) is 2. The van der Waals surface area contributed by atoms with Crippen LogP contribution in [0.2, 0.25) is 5.02 Å². The van der Waals surface area contributed by atoms with Gasteiger partial charge in [-0.2, -0.15) is 0 Å². The first kappa shape index (κ1) is 23.8. The predicted octanol–water partition coefficient (Wildman–Crippen LogP) is 3.60. The summed E-state index contributed by atoms with van der Waals surface area (Å²) in [5.74, 6) is -0.415. The highest BCUT2D eigenvalue weighted by atomic mass is 35.5. The summed E-state index contributed by atoms with van der Waals surface area (Å²) in [4.78, 5) is 39.4. The van der Waals surface area contributed by atoms with Crippen LogP contribution in [-0.2, 0) is 9.53 Å². The van der Waals surface area contributed by atoms with Crippen molar-refractivity contribution in [2.75, 3.05) is 38.7 Å². The summed E-state index contributed by atoms with van der Waals surface area (Å²) in [6.07, 6.45) is 2.05. The number of methoxy groups -OCH3 is 1. The van der Waals surface area contributed by atoms with Crippen molar-refractivity contribution in [1.29, 1.82) is 0 Å². The van der Waals surface area contributed by atoms with Crippen LogP contribution >= 0.6 is 11.6 Å². The molecule has 0 atom stereocenters. The van der Waals surface area contributed by atoms with Crippen molar-refractivity contribution >= 4 is 35.0 Å². The van der Waals surface area contributed by atoms with Crippen LogP contribution < -0.4 is 10.6 Å². The van der Waals surface area contributed by atoms with Crippen molar-refractivity contribution in [3.63, 3.8) is 0 Å². The van der Waals surface area contributed by atoms with Crippen molar-refractivity contribution in [1.82, 2.24) is 10.2 Å². The van der Waals surface area contributed by atoms with Gasteiger partial charge in [0.2, 0.25) is 5.91 Å². The molecule has 32 heavy (non-hydrogen) atoms. The van der Waals surface area contributed by atoms with Crippen molar-refractivity contribution in [3.8, 4) is 0 Å². The number of carbonyl (C=O) groups is 3. The Balaban J connectivity index is 1.53. The quantitative estimate of drug-likeness (QED) is 0.593. The number of hydrogen-bond acceptors (Lipinski definition) is 4. The molecular weight excluding hydrogens is 430 g/mol. The molecule has 0 aromatic heterocycles. The molecule has 1 heterocycles. The van der Waals surface area contributed by atoms with E-state index in [1.54, 1.807) is 60.5 Å². The van der Waals surface area contributed by atoms with Gasteiger partial charge in [-0.3, -0.25) is 14.4 Å². The standard InChI is InChI=1S/C24H28ClN3O4/c1-32-15-3-12-26-22(29)18-10-13-28(14-11-18)24(31)19-4-2-5-21(16-19)27-23(30)17-6-8-20(25)9-7-17/h2,4-9,16,18H,3,10-15H2,1H3,(H,26,29)(H,27,30). The number of rotatable bonds is 8. The number of piperidine rings is 1. The van der Waals surface area contributed by atoms with Gasteiger partial charge in [-0.05, 0) is 61.7 Å². The molecule has 7 nitrogen and oxygen atoms in total. The van der Waals surface area contributed by atoms with E-state index in [0.717, 1.165) is 6.42 Å². The number of benzene rings is 2. The Kier molecular flexibility index (Phi) is 8.64. The third kappa shape index (κ3) is 6.55. The normalized spacial score (nSPS) is 14.1. The molecule has 1 aliphatic heterocycles. The number of carbonyl (C=O) groups excluding carboxylic acids is 3. The summed E-state index contributed by atoms with van der Waals surface area (Å²) in [7, 11) is 1.64. The highest BCUT2D eigenvalue weighted by Crippen LogP contribution is 2.21. The van der Waals surface area contributed by atoms with Gasteiger partial charge in [0.25, 0.3) is 11.8 Å². The zero-order chi connectivity index (χ0) is 22.9. The maximum Gasteiger partial charge on any atom is 0.255 e. The van der Waals surface area contributed by atoms with Crippen LogP contribution in [0.15, 0.2) is 48.5 Å². The first-order valence-corrected chi connectivity index (χ1v) is 11.1. The smallest absolute Gasteiger partial charge is 0.255 e. The van der Waals surface area contributed by atoms with Crippen molar-refractivity contribution < 1.29 is 19.1 Å². The van der Waals surface area contributed by atoms with Crippen molar-refractivity contribution in [3.05, 3.63) is 64.7 Å². The van der Waals surface area contributed by atoms with Crippen LogP contribution in [0.4, 0.5) is 5.69 Å². The number of likely N-dealkylation sites (tertiary alicyclic amines) is 1. The van der Waals surface area contributed by atoms with Crippen LogP contribution in [0.5, 0.6) is 0 Å². The van der Waals surface area contributed by atoms with E-state index in [-0.39, 0.29) is 23.6 Å². The monoisotopic (exact) mass is 457 g/mol. The Labute approximate surface area is 193 Å². The molecule has 3 amide bonds. The van der Waals surface area contributed by atoms with Crippen molar-refractivity contribution in [2.24, 2.45) is 5.92 Å². The summed E-state index contributed by atoms with van der Waals surface area (Å²) < 4.78 is 4.98. The average molecular weight is 458 g/mol. The first-order valence-electron chi connectivity index (χ1n) is 10.7. The van der Waals surface area contributed by atoms with E-state index >= 15 is 0 Å². The molecular formula is C24H28ClN3O4. The van der Waals surface area contributed by atoms with Gasteiger partial charge in [-0.25, -0.2) is 0 Å².